The molecule has 124 valence electrons. The van der Waals surface area contributed by atoms with Crippen LogP contribution in [0.25, 0.3) is 16.6 Å². The van der Waals surface area contributed by atoms with Gasteiger partial charge >= 0.3 is 0 Å². The van der Waals surface area contributed by atoms with Crippen molar-refractivity contribution in [1.82, 2.24) is 24.8 Å². The van der Waals surface area contributed by atoms with Crippen LogP contribution in [0.3, 0.4) is 0 Å². The lowest BCUT2D eigenvalue weighted by atomic mass is 9.98. The summed E-state index contributed by atoms with van der Waals surface area (Å²) in [5.41, 5.74) is 1.89. The third kappa shape index (κ3) is 2.53. The van der Waals surface area contributed by atoms with Gasteiger partial charge in [-0.3, -0.25) is 9.78 Å². The van der Waals surface area contributed by atoms with Gasteiger partial charge in [0.25, 0.3) is 0 Å². The first-order chi connectivity index (χ1) is 12.0. The Kier molecular flexibility index (Phi) is 3.49. The lowest BCUT2D eigenvalue weighted by molar-refractivity contribution is 0.101. The summed E-state index contributed by atoms with van der Waals surface area (Å²) in [7, 11) is 0. The minimum Gasteiger partial charge on any atom is -0.293 e. The number of aromatic nitrogens is 5. The molecule has 0 saturated heterocycles. The molecule has 0 bridgehead atoms. The van der Waals surface area contributed by atoms with Crippen molar-refractivity contribution in [3.05, 3.63) is 65.5 Å². The Morgan fingerprint density at radius 1 is 1.20 bits per heavy atom. The van der Waals surface area contributed by atoms with Gasteiger partial charge in [-0.05, 0) is 29.8 Å². The third-order valence-corrected chi connectivity index (χ3v) is 4.22. The predicted molar refractivity (Wildman–Crippen MR) is 90.0 cm³/mol. The van der Waals surface area contributed by atoms with Crippen LogP contribution in [0.5, 0.6) is 0 Å². The molecule has 0 aliphatic carbocycles. The molecular weight excluding hydrogens is 321 g/mol. The van der Waals surface area contributed by atoms with Gasteiger partial charge in [0, 0.05) is 30.5 Å². The molecular formula is C18H14FN5O. The Morgan fingerprint density at radius 3 is 2.84 bits per heavy atom. The van der Waals surface area contributed by atoms with E-state index in [-0.39, 0.29) is 11.6 Å². The van der Waals surface area contributed by atoms with Gasteiger partial charge in [-0.15, -0.1) is 10.2 Å². The van der Waals surface area contributed by atoms with Crippen LogP contribution >= 0.6 is 0 Å². The van der Waals surface area contributed by atoms with Gasteiger partial charge in [0.2, 0.25) is 0 Å². The number of halogens is 1. The molecule has 1 aromatic carbocycles. The number of nitrogens with zero attached hydrogens (tertiary/aromatic N) is 5. The summed E-state index contributed by atoms with van der Waals surface area (Å²) in [6, 6.07) is 10.1. The molecule has 4 aromatic rings. The van der Waals surface area contributed by atoms with Crippen LogP contribution in [0.4, 0.5) is 4.39 Å². The zero-order valence-corrected chi connectivity index (χ0v) is 13.6. The molecule has 3 heterocycles. The molecule has 0 N–H and O–H groups in total. The monoisotopic (exact) mass is 335 g/mol. The Balaban J connectivity index is 1.87. The van der Waals surface area contributed by atoms with Crippen molar-refractivity contribution in [2.75, 3.05) is 0 Å². The summed E-state index contributed by atoms with van der Waals surface area (Å²) in [6.07, 6.45) is 1.63. The molecule has 0 amide bonds. The van der Waals surface area contributed by atoms with Gasteiger partial charge in [0.1, 0.15) is 11.5 Å². The highest BCUT2D eigenvalue weighted by Gasteiger charge is 2.21. The van der Waals surface area contributed by atoms with Crippen LogP contribution in [0, 0.1) is 5.82 Å². The van der Waals surface area contributed by atoms with Crippen molar-refractivity contribution in [2.45, 2.75) is 19.8 Å². The smallest absolute Gasteiger partial charge is 0.179 e. The number of carbonyl (C=O) groups excluding carboxylic acids is 1. The topological polar surface area (TPSA) is 73.0 Å². The van der Waals surface area contributed by atoms with Crippen molar-refractivity contribution >= 4 is 22.3 Å². The second-order valence-corrected chi connectivity index (χ2v) is 5.89. The van der Waals surface area contributed by atoms with Crippen molar-refractivity contribution in [3.8, 4) is 0 Å². The summed E-state index contributed by atoms with van der Waals surface area (Å²) < 4.78 is 16.1. The van der Waals surface area contributed by atoms with E-state index in [1.807, 2.05) is 19.1 Å². The highest BCUT2D eigenvalue weighted by molar-refractivity contribution is 5.92. The highest BCUT2D eigenvalue weighted by atomic mass is 19.1. The average molecular weight is 335 g/mol. The van der Waals surface area contributed by atoms with E-state index in [4.69, 9.17) is 0 Å². The van der Waals surface area contributed by atoms with E-state index in [0.29, 0.717) is 28.2 Å². The number of hydrogen-bond donors (Lipinski definition) is 0. The summed E-state index contributed by atoms with van der Waals surface area (Å²) in [5, 5.41) is 13.3. The molecule has 0 fully saturated rings. The quantitative estimate of drug-likeness (QED) is 0.538. The fraction of sp³-hybridized carbons (Fsp3) is 0.167. The van der Waals surface area contributed by atoms with Crippen LogP contribution in [-0.4, -0.2) is 30.6 Å². The second kappa shape index (κ2) is 5.70. The molecule has 0 aliphatic rings. The SMILES string of the molecule is CC(=O)c1ccc2nnc(C(C)c3cc4cccnc4cc3F)n2n1. The van der Waals surface area contributed by atoms with Gasteiger partial charge in [0.15, 0.2) is 17.3 Å². The number of fused-ring (bicyclic) bond motifs is 2. The maximum Gasteiger partial charge on any atom is 0.179 e. The Hall–Kier alpha value is -3.22. The molecule has 1 atom stereocenters. The van der Waals surface area contributed by atoms with Gasteiger partial charge in [-0.25, -0.2) is 4.39 Å². The van der Waals surface area contributed by atoms with E-state index in [9.17, 15) is 9.18 Å². The normalized spacial score (nSPS) is 12.6. The van der Waals surface area contributed by atoms with E-state index in [1.54, 1.807) is 24.4 Å². The summed E-state index contributed by atoms with van der Waals surface area (Å²) in [6.45, 7) is 3.27. The average Bonchev–Trinajstić information content (AvgIpc) is 3.03. The molecule has 6 nitrogen and oxygen atoms in total. The third-order valence-electron chi connectivity index (χ3n) is 4.22. The van der Waals surface area contributed by atoms with Gasteiger partial charge in [-0.1, -0.05) is 13.0 Å². The maximum absolute atomic E-state index is 14.6. The van der Waals surface area contributed by atoms with Gasteiger partial charge in [0.05, 0.1) is 5.52 Å². The molecule has 0 saturated carbocycles. The Bertz CT molecular complexity index is 1120. The molecule has 1 unspecified atom stereocenters. The van der Waals surface area contributed by atoms with Crippen LogP contribution < -0.4 is 0 Å². The van der Waals surface area contributed by atoms with Gasteiger partial charge < -0.3 is 0 Å². The number of pyridine rings is 1. The second-order valence-electron chi connectivity index (χ2n) is 5.89. The van der Waals surface area contributed by atoms with Crippen LogP contribution in [0.2, 0.25) is 0 Å². The molecule has 0 aliphatic heterocycles. The van der Waals surface area contributed by atoms with Crippen LogP contribution in [0.15, 0.2) is 42.6 Å². The molecule has 0 spiro atoms. The van der Waals surface area contributed by atoms with E-state index in [2.05, 4.69) is 20.3 Å². The zero-order valence-electron chi connectivity index (χ0n) is 13.6. The number of benzene rings is 1. The van der Waals surface area contributed by atoms with Crippen molar-refractivity contribution in [1.29, 1.82) is 0 Å². The number of Topliss-reactive ketones (excluding diaryl/α,β-unsaturated/α-hetero) is 1. The van der Waals surface area contributed by atoms with E-state index in [1.165, 1.54) is 17.5 Å². The van der Waals surface area contributed by atoms with Crippen molar-refractivity contribution < 1.29 is 9.18 Å². The number of carbonyl (C=O) groups is 1. The summed E-state index contributed by atoms with van der Waals surface area (Å²) >= 11 is 0. The summed E-state index contributed by atoms with van der Waals surface area (Å²) in [5.74, 6) is -0.440. The zero-order chi connectivity index (χ0) is 17.6. The first kappa shape index (κ1) is 15.3. The Morgan fingerprint density at radius 2 is 2.04 bits per heavy atom. The largest absolute Gasteiger partial charge is 0.293 e. The van der Waals surface area contributed by atoms with E-state index in [0.717, 1.165) is 5.39 Å². The fourth-order valence-corrected chi connectivity index (χ4v) is 2.85. The first-order valence-electron chi connectivity index (χ1n) is 7.82. The van der Waals surface area contributed by atoms with Crippen LogP contribution in [0.1, 0.15) is 41.6 Å². The van der Waals surface area contributed by atoms with Crippen molar-refractivity contribution in [2.24, 2.45) is 0 Å². The predicted octanol–water partition coefficient (Wildman–Crippen LogP) is 3.17. The summed E-state index contributed by atoms with van der Waals surface area (Å²) in [4.78, 5) is 15.7. The lowest BCUT2D eigenvalue weighted by Gasteiger charge is -2.12. The molecule has 3 aromatic heterocycles. The Labute approximate surface area is 142 Å². The molecule has 0 radical (unpaired) electrons. The molecule has 7 heteroatoms. The van der Waals surface area contributed by atoms with Crippen molar-refractivity contribution in [3.63, 3.8) is 0 Å². The van der Waals surface area contributed by atoms with E-state index < -0.39 is 5.92 Å². The lowest BCUT2D eigenvalue weighted by Crippen LogP contribution is -2.09. The van der Waals surface area contributed by atoms with Gasteiger partial charge in [-0.2, -0.15) is 9.61 Å². The minimum atomic E-state index is -0.394. The maximum atomic E-state index is 14.6. The molecule has 25 heavy (non-hydrogen) atoms. The van der Waals surface area contributed by atoms with Crippen LogP contribution in [-0.2, 0) is 0 Å². The number of ketones is 1. The van der Waals surface area contributed by atoms with E-state index >= 15 is 0 Å². The number of hydrogen-bond acceptors (Lipinski definition) is 5. The highest BCUT2D eigenvalue weighted by Crippen LogP contribution is 2.28. The number of rotatable bonds is 3. The first-order valence-corrected chi connectivity index (χ1v) is 7.82. The fourth-order valence-electron chi connectivity index (χ4n) is 2.85. The molecule has 4 rings (SSSR count). The standard InChI is InChI=1S/C18H14FN5O/c1-10(13-8-12-4-3-7-20-16(12)9-14(13)19)18-22-21-17-6-5-15(11(2)25)23-24(17)18/h3-10H,1-2H3. The minimum absolute atomic E-state index is 0.155.